The Bertz CT molecular complexity index is 3290. The van der Waals surface area contributed by atoms with Gasteiger partial charge in [0.2, 0.25) is 0 Å². The summed E-state index contributed by atoms with van der Waals surface area (Å²) in [5.41, 5.74) is 14.5. The highest BCUT2D eigenvalue weighted by Crippen LogP contribution is 2.45. The van der Waals surface area contributed by atoms with Crippen LogP contribution in [0.1, 0.15) is 0 Å². The molecule has 1 heteroatoms. The summed E-state index contributed by atoms with van der Waals surface area (Å²) >= 11 is 0. The van der Waals surface area contributed by atoms with Gasteiger partial charge in [-0.3, -0.25) is 4.98 Å². The second-order valence-electron chi connectivity index (χ2n) is 15.1. The minimum atomic E-state index is 1.16. The SMILES string of the molecule is c1ccc2cc(-c3ccc(-c4c5ccccc5c(-c5ccc(-c6ccc7ccccc7c6)cc5)c5cc(-c6ccc(-c7ccncc7)cc6)ccc45)cc3)ccc2c1. The first-order chi connectivity index (χ1) is 28.7. The van der Waals surface area contributed by atoms with Crippen LogP contribution in [-0.4, -0.2) is 4.98 Å². The van der Waals surface area contributed by atoms with Crippen molar-refractivity contribution in [2.75, 3.05) is 0 Å². The van der Waals surface area contributed by atoms with Crippen molar-refractivity contribution in [1.82, 2.24) is 4.98 Å². The number of hydrogen-bond donors (Lipinski definition) is 0. The van der Waals surface area contributed by atoms with E-state index in [4.69, 9.17) is 0 Å². The number of hydrogen-bond acceptors (Lipinski definition) is 1. The lowest BCUT2D eigenvalue weighted by molar-refractivity contribution is 1.33. The lowest BCUT2D eigenvalue weighted by atomic mass is 9.84. The highest BCUT2D eigenvalue weighted by atomic mass is 14.6. The van der Waals surface area contributed by atoms with Gasteiger partial charge in [0.05, 0.1) is 0 Å². The zero-order chi connectivity index (χ0) is 38.4. The number of fused-ring (bicyclic) bond motifs is 4. The molecule has 1 nitrogen and oxygen atoms in total. The van der Waals surface area contributed by atoms with Gasteiger partial charge in [-0.25, -0.2) is 0 Å². The van der Waals surface area contributed by atoms with E-state index in [1.165, 1.54) is 104 Å². The Kier molecular flexibility index (Phi) is 8.23. The number of nitrogens with zero attached hydrogens (tertiary/aromatic N) is 1. The summed E-state index contributed by atoms with van der Waals surface area (Å²) in [5.74, 6) is 0. The van der Waals surface area contributed by atoms with Crippen LogP contribution in [-0.2, 0) is 0 Å². The molecule has 0 N–H and O–H groups in total. The van der Waals surface area contributed by atoms with Gasteiger partial charge in [0.25, 0.3) is 0 Å². The summed E-state index contributed by atoms with van der Waals surface area (Å²) in [6.45, 7) is 0. The third kappa shape index (κ3) is 6.02. The second-order valence-corrected chi connectivity index (χ2v) is 15.1. The summed E-state index contributed by atoms with van der Waals surface area (Å²) < 4.78 is 0. The maximum atomic E-state index is 4.21. The number of benzene rings is 10. The van der Waals surface area contributed by atoms with E-state index in [0.717, 1.165) is 5.56 Å². The largest absolute Gasteiger partial charge is 0.265 e. The van der Waals surface area contributed by atoms with Crippen molar-refractivity contribution in [2.45, 2.75) is 0 Å². The minimum Gasteiger partial charge on any atom is -0.265 e. The molecule has 0 aliphatic carbocycles. The Hall–Kier alpha value is -7.61. The first-order valence-electron chi connectivity index (χ1n) is 19.9. The molecule has 11 rings (SSSR count). The Morgan fingerprint density at radius 1 is 0.207 bits per heavy atom. The van der Waals surface area contributed by atoms with Crippen LogP contribution in [0.25, 0.3) is 110 Å². The normalized spacial score (nSPS) is 11.4. The van der Waals surface area contributed by atoms with E-state index in [-0.39, 0.29) is 0 Å². The highest BCUT2D eigenvalue weighted by Gasteiger charge is 2.18. The van der Waals surface area contributed by atoms with Gasteiger partial charge < -0.3 is 0 Å². The summed E-state index contributed by atoms with van der Waals surface area (Å²) in [6, 6.07) is 77.9. The van der Waals surface area contributed by atoms with Crippen molar-refractivity contribution in [1.29, 1.82) is 0 Å². The molecule has 1 heterocycles. The molecule has 1 aromatic heterocycles. The molecule has 10 aromatic carbocycles. The Balaban J connectivity index is 1.08. The fraction of sp³-hybridized carbons (Fsp3) is 0. The van der Waals surface area contributed by atoms with Crippen LogP contribution >= 0.6 is 0 Å². The van der Waals surface area contributed by atoms with Gasteiger partial charge in [-0.2, -0.15) is 0 Å². The van der Waals surface area contributed by atoms with Crippen molar-refractivity contribution in [2.24, 2.45) is 0 Å². The molecule has 0 saturated carbocycles. The van der Waals surface area contributed by atoms with Crippen molar-refractivity contribution < 1.29 is 0 Å². The van der Waals surface area contributed by atoms with Crippen LogP contribution in [0.15, 0.2) is 225 Å². The van der Waals surface area contributed by atoms with Crippen LogP contribution in [0, 0.1) is 0 Å². The van der Waals surface area contributed by atoms with Gasteiger partial charge in [0.15, 0.2) is 0 Å². The molecule has 0 radical (unpaired) electrons. The van der Waals surface area contributed by atoms with Gasteiger partial charge in [-0.1, -0.05) is 182 Å². The third-order valence-corrected chi connectivity index (χ3v) is 11.8. The lowest BCUT2D eigenvalue weighted by Gasteiger charge is -2.19. The summed E-state index contributed by atoms with van der Waals surface area (Å²) in [7, 11) is 0. The molecule has 0 aliphatic heterocycles. The molecule has 0 fully saturated rings. The van der Waals surface area contributed by atoms with E-state index in [9.17, 15) is 0 Å². The maximum absolute atomic E-state index is 4.21. The molecule has 11 aromatic rings. The van der Waals surface area contributed by atoms with Crippen molar-refractivity contribution in [3.05, 3.63) is 225 Å². The van der Waals surface area contributed by atoms with Crippen LogP contribution in [0.5, 0.6) is 0 Å². The predicted molar refractivity (Wildman–Crippen MR) is 247 cm³/mol. The molecular weight excluding hydrogens is 699 g/mol. The number of aromatic nitrogens is 1. The molecule has 0 bridgehead atoms. The third-order valence-electron chi connectivity index (χ3n) is 11.8. The quantitative estimate of drug-likeness (QED) is 0.155. The van der Waals surface area contributed by atoms with E-state index >= 15 is 0 Å². The second kappa shape index (κ2) is 14.2. The minimum absolute atomic E-state index is 1.16. The standard InChI is InChI=1S/C57H37N/c1-3-9-47-35-49(27-21-38(47)7-1)41-17-23-45(24-18-41)56-52-11-5-6-12-53(52)57(46-25-19-42(20-26-46)50-28-22-39-8-2-4-10-48(39)36-50)55-37-51(29-30-54(55)56)43-15-13-40(14-16-43)44-31-33-58-34-32-44/h1-37H. The highest BCUT2D eigenvalue weighted by molar-refractivity contribution is 6.22. The molecule has 270 valence electrons. The van der Waals surface area contributed by atoms with E-state index in [1.807, 2.05) is 12.4 Å². The van der Waals surface area contributed by atoms with Gasteiger partial charge in [-0.05, 0) is 140 Å². The topological polar surface area (TPSA) is 12.9 Å². The average molecular weight is 736 g/mol. The van der Waals surface area contributed by atoms with Crippen LogP contribution in [0.4, 0.5) is 0 Å². The summed E-state index contributed by atoms with van der Waals surface area (Å²) in [6.07, 6.45) is 3.70. The first kappa shape index (κ1) is 33.7. The van der Waals surface area contributed by atoms with Crippen molar-refractivity contribution in [3.8, 4) is 66.8 Å². The van der Waals surface area contributed by atoms with E-state index in [0.29, 0.717) is 0 Å². The van der Waals surface area contributed by atoms with Gasteiger partial charge in [0.1, 0.15) is 0 Å². The monoisotopic (exact) mass is 735 g/mol. The van der Waals surface area contributed by atoms with Crippen molar-refractivity contribution >= 4 is 43.1 Å². The van der Waals surface area contributed by atoms with Gasteiger partial charge in [-0.15, -0.1) is 0 Å². The van der Waals surface area contributed by atoms with E-state index < -0.39 is 0 Å². The zero-order valence-electron chi connectivity index (χ0n) is 31.8. The lowest BCUT2D eigenvalue weighted by Crippen LogP contribution is -1.92. The first-order valence-corrected chi connectivity index (χ1v) is 19.9. The summed E-state index contributed by atoms with van der Waals surface area (Å²) in [5, 5.41) is 9.99. The van der Waals surface area contributed by atoms with E-state index in [1.54, 1.807) is 0 Å². The molecule has 0 amide bonds. The Morgan fingerprint density at radius 3 is 1.03 bits per heavy atom. The fourth-order valence-electron chi connectivity index (χ4n) is 8.78. The van der Waals surface area contributed by atoms with Crippen LogP contribution in [0.2, 0.25) is 0 Å². The Morgan fingerprint density at radius 2 is 0.534 bits per heavy atom. The number of rotatable bonds is 6. The summed E-state index contributed by atoms with van der Waals surface area (Å²) in [4.78, 5) is 4.21. The Labute approximate surface area is 338 Å². The zero-order valence-corrected chi connectivity index (χ0v) is 31.8. The van der Waals surface area contributed by atoms with Gasteiger partial charge in [0, 0.05) is 12.4 Å². The average Bonchev–Trinajstić information content (AvgIpc) is 3.31. The van der Waals surface area contributed by atoms with Crippen LogP contribution < -0.4 is 0 Å². The van der Waals surface area contributed by atoms with Gasteiger partial charge >= 0.3 is 0 Å². The van der Waals surface area contributed by atoms with Crippen molar-refractivity contribution in [3.63, 3.8) is 0 Å². The van der Waals surface area contributed by atoms with Crippen LogP contribution in [0.3, 0.4) is 0 Å². The maximum Gasteiger partial charge on any atom is 0.0273 e. The molecule has 0 saturated heterocycles. The fourth-order valence-corrected chi connectivity index (χ4v) is 8.78. The molecular formula is C57H37N. The molecule has 0 unspecified atom stereocenters. The molecule has 58 heavy (non-hydrogen) atoms. The number of pyridine rings is 1. The van der Waals surface area contributed by atoms with E-state index in [2.05, 4.69) is 217 Å². The predicted octanol–water partition coefficient (Wildman–Crippen LogP) is 15.7. The molecule has 0 spiro atoms. The smallest absolute Gasteiger partial charge is 0.0273 e. The molecule has 0 atom stereocenters. The molecule has 0 aliphatic rings.